The summed E-state index contributed by atoms with van der Waals surface area (Å²) in [6, 6.07) is 12.3. The van der Waals surface area contributed by atoms with Crippen molar-refractivity contribution in [1.29, 1.82) is 0 Å². The van der Waals surface area contributed by atoms with Crippen LogP contribution in [0.4, 0.5) is 0 Å². The molecule has 0 bridgehead atoms. The van der Waals surface area contributed by atoms with E-state index in [1.165, 1.54) is 0 Å². The molecule has 1 aromatic heterocycles. The second-order valence-corrected chi connectivity index (χ2v) is 5.23. The first kappa shape index (κ1) is 17.0. The van der Waals surface area contributed by atoms with Crippen molar-refractivity contribution in [3.63, 3.8) is 0 Å². The SMILES string of the molecule is C[C@@H](C(=O)[O-])c1ccc2oc(-c3ccc(Cl)cc3)nc2c1.[Na+]. The van der Waals surface area contributed by atoms with Gasteiger partial charge in [0.05, 0.1) is 0 Å². The number of carbonyl (C=O) groups excluding carboxylic acids is 1. The molecule has 0 spiro atoms. The van der Waals surface area contributed by atoms with Crippen LogP contribution in [0.25, 0.3) is 22.6 Å². The summed E-state index contributed by atoms with van der Waals surface area (Å²) in [6.07, 6.45) is 0. The molecule has 1 heterocycles. The number of hydrogen-bond donors (Lipinski definition) is 0. The van der Waals surface area contributed by atoms with E-state index in [9.17, 15) is 9.90 Å². The molecule has 0 saturated carbocycles. The van der Waals surface area contributed by atoms with Crippen molar-refractivity contribution in [3.8, 4) is 11.5 Å². The van der Waals surface area contributed by atoms with E-state index in [-0.39, 0.29) is 29.6 Å². The number of benzene rings is 2. The summed E-state index contributed by atoms with van der Waals surface area (Å²) < 4.78 is 5.67. The van der Waals surface area contributed by atoms with Crippen LogP contribution in [0.5, 0.6) is 0 Å². The van der Waals surface area contributed by atoms with Crippen LogP contribution in [-0.4, -0.2) is 11.0 Å². The molecule has 0 aliphatic rings. The smallest absolute Gasteiger partial charge is 0.550 e. The Hall–Kier alpha value is -1.33. The van der Waals surface area contributed by atoms with Crippen molar-refractivity contribution in [2.24, 2.45) is 0 Å². The number of carboxylic acids is 1. The number of halogens is 1. The minimum absolute atomic E-state index is 0. The van der Waals surface area contributed by atoms with E-state index in [4.69, 9.17) is 16.0 Å². The standard InChI is InChI=1S/C16H12ClNO3.Na/c1-9(16(19)20)11-4-7-14-13(8-11)18-15(21-14)10-2-5-12(17)6-3-10;/h2-9H,1H3,(H,19,20);/q;+1/p-1/t9-;/m1./s1. The molecule has 0 unspecified atom stereocenters. The number of carboxylic acid groups (broad SMARTS) is 1. The van der Waals surface area contributed by atoms with Gasteiger partial charge in [0.2, 0.25) is 5.89 Å². The molecule has 0 saturated heterocycles. The molecule has 1 atom stereocenters. The monoisotopic (exact) mass is 323 g/mol. The molecule has 3 rings (SSSR count). The largest absolute Gasteiger partial charge is 1.00 e. The zero-order valence-corrected chi connectivity index (χ0v) is 14.9. The molecule has 0 aliphatic carbocycles. The molecule has 22 heavy (non-hydrogen) atoms. The second kappa shape index (κ2) is 6.84. The predicted molar refractivity (Wildman–Crippen MR) is 77.9 cm³/mol. The maximum absolute atomic E-state index is 10.9. The van der Waals surface area contributed by atoms with E-state index in [0.29, 0.717) is 27.6 Å². The Morgan fingerprint density at radius 2 is 1.91 bits per heavy atom. The van der Waals surface area contributed by atoms with Gasteiger partial charge in [-0.2, -0.15) is 0 Å². The molecular weight excluding hydrogens is 313 g/mol. The Labute approximate surface area is 154 Å². The summed E-state index contributed by atoms with van der Waals surface area (Å²) in [7, 11) is 0. The number of carbonyl (C=O) groups is 1. The van der Waals surface area contributed by atoms with Crippen molar-refractivity contribution >= 4 is 28.7 Å². The van der Waals surface area contributed by atoms with Crippen LogP contribution >= 0.6 is 11.6 Å². The van der Waals surface area contributed by atoms with Gasteiger partial charge in [-0.25, -0.2) is 4.98 Å². The number of hydrogen-bond acceptors (Lipinski definition) is 4. The molecule has 106 valence electrons. The van der Waals surface area contributed by atoms with Crippen molar-refractivity contribution < 1.29 is 43.9 Å². The Kier molecular flexibility index (Phi) is 5.29. The van der Waals surface area contributed by atoms with Gasteiger partial charge in [0, 0.05) is 22.5 Å². The summed E-state index contributed by atoms with van der Waals surface area (Å²) in [4.78, 5) is 15.3. The summed E-state index contributed by atoms with van der Waals surface area (Å²) in [5, 5.41) is 11.6. The fourth-order valence-corrected chi connectivity index (χ4v) is 2.19. The zero-order chi connectivity index (χ0) is 15.0. The summed E-state index contributed by atoms with van der Waals surface area (Å²) in [5.41, 5.74) is 2.67. The number of fused-ring (bicyclic) bond motifs is 1. The first-order valence-corrected chi connectivity index (χ1v) is 6.79. The third-order valence-corrected chi connectivity index (χ3v) is 3.61. The van der Waals surface area contributed by atoms with Crippen molar-refractivity contribution in [2.75, 3.05) is 0 Å². The van der Waals surface area contributed by atoms with E-state index in [2.05, 4.69) is 4.98 Å². The third kappa shape index (κ3) is 3.36. The Bertz CT molecular complexity index is 814. The van der Waals surface area contributed by atoms with Gasteiger partial charge >= 0.3 is 29.6 Å². The number of aromatic nitrogens is 1. The molecule has 6 heteroatoms. The van der Waals surface area contributed by atoms with E-state index in [1.807, 2.05) is 12.1 Å². The maximum atomic E-state index is 10.9. The molecule has 0 N–H and O–H groups in total. The first-order valence-electron chi connectivity index (χ1n) is 6.42. The predicted octanol–water partition coefficient (Wildman–Crippen LogP) is 0.00560. The van der Waals surface area contributed by atoms with Gasteiger partial charge in [-0.1, -0.05) is 24.6 Å². The molecule has 4 nitrogen and oxygen atoms in total. The minimum atomic E-state index is -1.12. The molecule has 0 aliphatic heterocycles. The maximum Gasteiger partial charge on any atom is 1.00 e. The third-order valence-electron chi connectivity index (χ3n) is 3.36. The van der Waals surface area contributed by atoms with Gasteiger partial charge in [-0.3, -0.25) is 0 Å². The van der Waals surface area contributed by atoms with Crippen LogP contribution in [0.15, 0.2) is 46.9 Å². The van der Waals surface area contributed by atoms with Gasteiger partial charge in [-0.05, 0) is 42.0 Å². The number of nitrogens with zero attached hydrogens (tertiary/aromatic N) is 1. The molecule has 0 radical (unpaired) electrons. The number of oxazole rings is 1. The average molecular weight is 324 g/mol. The topological polar surface area (TPSA) is 66.2 Å². The molecular formula is C16H11ClNNaO3. The van der Waals surface area contributed by atoms with Crippen molar-refractivity contribution in [3.05, 3.63) is 53.1 Å². The normalized spacial score (nSPS) is 11.9. The van der Waals surface area contributed by atoms with Crippen molar-refractivity contribution in [2.45, 2.75) is 12.8 Å². The quantitative estimate of drug-likeness (QED) is 0.637. The molecule has 0 amide bonds. The second-order valence-electron chi connectivity index (χ2n) is 4.79. The van der Waals surface area contributed by atoms with E-state index >= 15 is 0 Å². The van der Waals surface area contributed by atoms with Gasteiger partial charge < -0.3 is 14.3 Å². The molecule has 3 aromatic rings. The van der Waals surface area contributed by atoms with Gasteiger partial charge in [-0.15, -0.1) is 0 Å². The van der Waals surface area contributed by atoms with Crippen LogP contribution in [0.2, 0.25) is 5.02 Å². The van der Waals surface area contributed by atoms with Gasteiger partial charge in [0.25, 0.3) is 0 Å². The van der Waals surface area contributed by atoms with Crippen LogP contribution in [0, 0.1) is 0 Å². The fourth-order valence-electron chi connectivity index (χ4n) is 2.07. The molecule has 2 aromatic carbocycles. The number of aliphatic carboxylic acids is 1. The van der Waals surface area contributed by atoms with Gasteiger partial charge in [0.1, 0.15) is 5.52 Å². The Morgan fingerprint density at radius 3 is 2.55 bits per heavy atom. The fraction of sp³-hybridized carbons (Fsp3) is 0.125. The first-order chi connectivity index (χ1) is 10.0. The van der Waals surface area contributed by atoms with E-state index in [0.717, 1.165) is 5.56 Å². The number of rotatable bonds is 3. The molecule has 0 fully saturated rings. The Balaban J connectivity index is 0.00000176. The van der Waals surface area contributed by atoms with Crippen molar-refractivity contribution in [1.82, 2.24) is 4.98 Å². The van der Waals surface area contributed by atoms with Crippen LogP contribution in [0.3, 0.4) is 0 Å². The summed E-state index contributed by atoms with van der Waals surface area (Å²) in [5.74, 6) is -1.33. The van der Waals surface area contributed by atoms with Crippen LogP contribution in [0.1, 0.15) is 18.4 Å². The average Bonchev–Trinajstić information content (AvgIpc) is 2.89. The van der Waals surface area contributed by atoms with Crippen LogP contribution in [-0.2, 0) is 4.79 Å². The summed E-state index contributed by atoms with van der Waals surface area (Å²) in [6.45, 7) is 1.58. The van der Waals surface area contributed by atoms with E-state index in [1.54, 1.807) is 37.3 Å². The van der Waals surface area contributed by atoms with Gasteiger partial charge in [0.15, 0.2) is 5.58 Å². The minimum Gasteiger partial charge on any atom is -0.550 e. The van der Waals surface area contributed by atoms with E-state index < -0.39 is 11.9 Å². The Morgan fingerprint density at radius 1 is 1.23 bits per heavy atom. The summed E-state index contributed by atoms with van der Waals surface area (Å²) >= 11 is 5.85. The van der Waals surface area contributed by atoms with Crippen LogP contribution < -0.4 is 34.7 Å². The zero-order valence-electron chi connectivity index (χ0n) is 12.2.